The van der Waals surface area contributed by atoms with E-state index < -0.39 is 24.5 Å². The van der Waals surface area contributed by atoms with Crippen LogP contribution in [0.4, 0.5) is 0 Å². The summed E-state index contributed by atoms with van der Waals surface area (Å²) in [4.78, 5) is -0.0812. The van der Waals surface area contributed by atoms with Gasteiger partial charge in [0.25, 0.3) is 0 Å². The van der Waals surface area contributed by atoms with E-state index in [-0.39, 0.29) is 15.7 Å². The highest BCUT2D eigenvalue weighted by atomic mass is 32.2. The number of ether oxygens (including phenoxy) is 2. The lowest BCUT2D eigenvalue weighted by Crippen LogP contribution is -2.40. The topological polar surface area (TPSA) is 71.1 Å². The van der Waals surface area contributed by atoms with E-state index in [1.54, 1.807) is 0 Å². The number of rotatable bonds is 11. The van der Waals surface area contributed by atoms with Crippen LogP contribution in [0, 0.1) is 12.3 Å². The van der Waals surface area contributed by atoms with E-state index in [2.05, 4.69) is 39.8 Å². The van der Waals surface area contributed by atoms with Crippen LogP contribution in [-0.2, 0) is 18.7 Å². The van der Waals surface area contributed by atoms with Gasteiger partial charge < -0.3 is 13.9 Å². The van der Waals surface area contributed by atoms with E-state index in [0.717, 1.165) is 6.42 Å². The fourth-order valence-electron chi connectivity index (χ4n) is 2.32. The lowest BCUT2D eigenvalue weighted by Gasteiger charge is -2.36. The Balaban J connectivity index is 2.66. The summed E-state index contributed by atoms with van der Waals surface area (Å²) in [6, 6.07) is 4.40. The van der Waals surface area contributed by atoms with Gasteiger partial charge >= 0.3 is 10.1 Å². The molecule has 1 aromatic carbocycles. The minimum atomic E-state index is -4.07. The van der Waals surface area contributed by atoms with Crippen molar-refractivity contribution in [1.82, 2.24) is 0 Å². The summed E-state index contributed by atoms with van der Waals surface area (Å²) >= 11 is 0. The Hall–Kier alpha value is -1.53. The van der Waals surface area contributed by atoms with Gasteiger partial charge in [-0.2, -0.15) is 8.42 Å². The predicted octanol–water partition coefficient (Wildman–Crippen LogP) is 4.60. The molecule has 1 rings (SSSR count). The lowest BCUT2D eigenvalue weighted by atomic mass is 10.2. The average molecular weight is 443 g/mol. The third kappa shape index (κ3) is 7.34. The van der Waals surface area contributed by atoms with Crippen LogP contribution in [0.25, 0.3) is 0 Å². The number of hydrogen-bond donors (Lipinski definition) is 0. The number of hydrogen-bond acceptors (Lipinski definition) is 6. The predicted molar refractivity (Wildman–Crippen MR) is 117 cm³/mol. The SMILES string of the molecule is C#CC(CCCCO[Si](C)(C)C(C)(C)C)OS(=O)(=O)c1ccc(OC)cc1OC. The molecule has 0 radical (unpaired) electrons. The van der Waals surface area contributed by atoms with E-state index in [9.17, 15) is 8.42 Å². The molecule has 0 aliphatic rings. The fraction of sp³-hybridized carbons (Fsp3) is 0.619. The maximum atomic E-state index is 12.7. The van der Waals surface area contributed by atoms with Crippen molar-refractivity contribution in [2.24, 2.45) is 0 Å². The van der Waals surface area contributed by atoms with E-state index in [0.29, 0.717) is 25.2 Å². The maximum absolute atomic E-state index is 12.7. The highest BCUT2D eigenvalue weighted by Gasteiger charge is 2.36. The number of benzene rings is 1. The summed E-state index contributed by atoms with van der Waals surface area (Å²) < 4.78 is 47.0. The van der Waals surface area contributed by atoms with Crippen LogP contribution < -0.4 is 9.47 Å². The third-order valence-corrected chi connectivity index (χ3v) is 11.1. The molecule has 0 N–H and O–H groups in total. The molecule has 0 aliphatic heterocycles. The first-order valence-electron chi connectivity index (χ1n) is 9.63. The van der Waals surface area contributed by atoms with E-state index in [1.807, 2.05) is 0 Å². The van der Waals surface area contributed by atoms with E-state index >= 15 is 0 Å². The lowest BCUT2D eigenvalue weighted by molar-refractivity contribution is 0.234. The first-order chi connectivity index (χ1) is 13.4. The van der Waals surface area contributed by atoms with Crippen molar-refractivity contribution in [3.8, 4) is 23.8 Å². The van der Waals surface area contributed by atoms with E-state index in [1.165, 1.54) is 32.4 Å². The maximum Gasteiger partial charge on any atom is 0.301 e. The summed E-state index contributed by atoms with van der Waals surface area (Å²) in [5.74, 6) is 3.04. The highest BCUT2D eigenvalue weighted by Crippen LogP contribution is 2.36. The number of methoxy groups -OCH3 is 2. The number of unbranched alkanes of at least 4 members (excludes halogenated alkanes) is 1. The molecule has 1 atom stereocenters. The molecule has 0 aliphatic carbocycles. The first-order valence-corrected chi connectivity index (χ1v) is 13.9. The van der Waals surface area contributed by atoms with Crippen LogP contribution in [0.15, 0.2) is 23.1 Å². The summed E-state index contributed by atoms with van der Waals surface area (Å²) in [6.07, 6.45) is 6.58. The van der Waals surface area contributed by atoms with Crippen molar-refractivity contribution in [3.05, 3.63) is 18.2 Å². The molecule has 0 spiro atoms. The Morgan fingerprint density at radius 2 is 1.79 bits per heavy atom. The molecule has 1 unspecified atom stereocenters. The molecule has 0 saturated carbocycles. The monoisotopic (exact) mass is 442 g/mol. The van der Waals surface area contributed by atoms with Crippen molar-refractivity contribution in [2.75, 3.05) is 20.8 Å². The standard InChI is InChI=1S/C21H34O6SSi/c1-9-17(12-10-11-15-26-29(7,8)21(2,3)4)27-28(22,23)20-14-13-18(24-5)16-19(20)25-6/h1,13-14,16-17H,10-12,15H2,2-8H3. The van der Waals surface area contributed by atoms with E-state index in [4.69, 9.17) is 24.5 Å². The largest absolute Gasteiger partial charge is 0.497 e. The van der Waals surface area contributed by atoms with Crippen molar-refractivity contribution in [3.63, 3.8) is 0 Å². The molecular formula is C21H34O6SSi. The zero-order valence-corrected chi connectivity index (χ0v) is 20.4. The average Bonchev–Trinajstić information content (AvgIpc) is 2.64. The molecule has 0 amide bonds. The van der Waals surface area contributed by atoms with Crippen LogP contribution in [0.1, 0.15) is 40.0 Å². The summed E-state index contributed by atoms with van der Waals surface area (Å²) in [5.41, 5.74) is 0. The quantitative estimate of drug-likeness (QED) is 0.216. The van der Waals surface area contributed by atoms with Crippen LogP contribution in [0.3, 0.4) is 0 Å². The van der Waals surface area contributed by atoms with Gasteiger partial charge in [0.2, 0.25) is 0 Å². The Morgan fingerprint density at radius 3 is 2.31 bits per heavy atom. The molecule has 0 saturated heterocycles. The zero-order chi connectivity index (χ0) is 22.3. The summed E-state index contributed by atoms with van der Waals surface area (Å²) in [7, 11) is -2.98. The second kappa shape index (κ2) is 10.5. The second-order valence-corrected chi connectivity index (χ2v) is 14.7. The molecule has 0 bridgehead atoms. The van der Waals surface area contributed by atoms with Crippen molar-refractivity contribution in [1.29, 1.82) is 0 Å². The minimum absolute atomic E-state index is 0.0812. The molecule has 0 fully saturated rings. The molecule has 6 nitrogen and oxygen atoms in total. The number of terminal acetylenes is 1. The fourth-order valence-corrected chi connectivity index (χ4v) is 4.59. The van der Waals surface area contributed by atoms with Crippen LogP contribution in [0.5, 0.6) is 11.5 Å². The van der Waals surface area contributed by atoms with Gasteiger partial charge in [0.05, 0.1) is 14.2 Å². The third-order valence-electron chi connectivity index (χ3n) is 5.20. The van der Waals surface area contributed by atoms with Gasteiger partial charge in [-0.15, -0.1) is 6.42 Å². The van der Waals surface area contributed by atoms with Crippen molar-refractivity contribution in [2.45, 2.75) is 69.2 Å². The van der Waals surface area contributed by atoms with Gasteiger partial charge in [0, 0.05) is 12.7 Å². The van der Waals surface area contributed by atoms with Gasteiger partial charge in [-0.05, 0) is 49.5 Å². The first kappa shape index (κ1) is 25.5. The zero-order valence-electron chi connectivity index (χ0n) is 18.6. The molecule has 8 heteroatoms. The smallest absolute Gasteiger partial charge is 0.301 e. The second-order valence-electron chi connectivity index (χ2n) is 8.33. The van der Waals surface area contributed by atoms with Gasteiger partial charge in [-0.3, -0.25) is 0 Å². The molecule has 1 aromatic rings. The normalized spacial score (nSPS) is 13.6. The van der Waals surface area contributed by atoms with Crippen molar-refractivity contribution >= 4 is 18.4 Å². The van der Waals surface area contributed by atoms with Crippen LogP contribution in [0.2, 0.25) is 18.1 Å². The Morgan fingerprint density at radius 1 is 1.14 bits per heavy atom. The minimum Gasteiger partial charge on any atom is -0.497 e. The Labute approximate surface area is 177 Å². The van der Waals surface area contributed by atoms with Crippen LogP contribution >= 0.6 is 0 Å². The molecular weight excluding hydrogens is 408 g/mol. The van der Waals surface area contributed by atoms with Gasteiger partial charge in [0.1, 0.15) is 22.5 Å². The van der Waals surface area contributed by atoms with Crippen LogP contribution in [-0.4, -0.2) is 43.7 Å². The highest BCUT2D eigenvalue weighted by molar-refractivity contribution is 7.86. The Bertz CT molecular complexity index is 805. The van der Waals surface area contributed by atoms with Gasteiger partial charge in [-0.1, -0.05) is 26.7 Å². The summed E-state index contributed by atoms with van der Waals surface area (Å²) in [6.45, 7) is 11.6. The molecule has 29 heavy (non-hydrogen) atoms. The Kier molecular flexibility index (Phi) is 9.22. The molecule has 164 valence electrons. The van der Waals surface area contributed by atoms with Gasteiger partial charge in [0.15, 0.2) is 8.32 Å². The van der Waals surface area contributed by atoms with Gasteiger partial charge in [-0.25, -0.2) is 4.18 Å². The molecule has 0 heterocycles. The molecule has 0 aromatic heterocycles. The summed E-state index contributed by atoms with van der Waals surface area (Å²) in [5, 5.41) is 0.156. The van der Waals surface area contributed by atoms with Crippen molar-refractivity contribution < 1.29 is 26.5 Å².